The smallest absolute Gasteiger partial charge is 0.259 e. The van der Waals surface area contributed by atoms with E-state index in [0.717, 1.165) is 13.0 Å². The summed E-state index contributed by atoms with van der Waals surface area (Å²) in [6.07, 6.45) is 5.47. The van der Waals surface area contributed by atoms with E-state index in [1.165, 1.54) is 18.8 Å². The SMILES string of the molecule is CCCn1cnc(S(=O)(=O)NCc2ccco2)c1. The normalized spacial score (nSPS) is 11.8. The summed E-state index contributed by atoms with van der Waals surface area (Å²) in [5.41, 5.74) is 0. The first kappa shape index (κ1) is 12.8. The van der Waals surface area contributed by atoms with Crippen LogP contribution in [0.3, 0.4) is 0 Å². The number of aryl methyl sites for hydroxylation is 1. The lowest BCUT2D eigenvalue weighted by molar-refractivity contribution is 0.498. The summed E-state index contributed by atoms with van der Waals surface area (Å²) in [4.78, 5) is 3.89. The summed E-state index contributed by atoms with van der Waals surface area (Å²) in [6.45, 7) is 2.89. The third kappa shape index (κ3) is 2.99. The van der Waals surface area contributed by atoms with Crippen LogP contribution in [0, 0.1) is 0 Å². The molecule has 0 saturated heterocycles. The van der Waals surface area contributed by atoms with Gasteiger partial charge in [0, 0.05) is 12.7 Å². The number of hydrogen-bond donors (Lipinski definition) is 1. The second-order valence-corrected chi connectivity index (χ2v) is 5.57. The molecule has 0 aromatic carbocycles. The average Bonchev–Trinajstić information content (AvgIpc) is 2.98. The Bertz CT molecular complexity index is 587. The van der Waals surface area contributed by atoms with Crippen molar-refractivity contribution in [3.05, 3.63) is 36.7 Å². The van der Waals surface area contributed by atoms with Crippen molar-refractivity contribution >= 4 is 10.0 Å². The van der Waals surface area contributed by atoms with Gasteiger partial charge < -0.3 is 8.98 Å². The van der Waals surface area contributed by atoms with E-state index in [4.69, 9.17) is 4.42 Å². The van der Waals surface area contributed by atoms with Crippen LogP contribution in [0.5, 0.6) is 0 Å². The van der Waals surface area contributed by atoms with Gasteiger partial charge in [-0.2, -0.15) is 0 Å². The molecule has 0 saturated carbocycles. The van der Waals surface area contributed by atoms with Crippen molar-refractivity contribution in [3.63, 3.8) is 0 Å². The molecule has 0 bridgehead atoms. The van der Waals surface area contributed by atoms with E-state index in [2.05, 4.69) is 9.71 Å². The van der Waals surface area contributed by atoms with Gasteiger partial charge in [-0.3, -0.25) is 0 Å². The second-order valence-electron chi connectivity index (χ2n) is 3.85. The lowest BCUT2D eigenvalue weighted by Gasteiger charge is -2.01. The van der Waals surface area contributed by atoms with Gasteiger partial charge in [0.15, 0.2) is 5.03 Å². The van der Waals surface area contributed by atoms with E-state index < -0.39 is 10.0 Å². The molecule has 2 heterocycles. The van der Waals surface area contributed by atoms with E-state index >= 15 is 0 Å². The summed E-state index contributed by atoms with van der Waals surface area (Å²) in [6, 6.07) is 3.41. The molecular weight excluding hydrogens is 254 g/mol. The standard InChI is InChI=1S/C11H15N3O3S/c1-2-5-14-8-11(12-9-14)18(15,16)13-7-10-4-3-6-17-10/h3-4,6,8-9,13H,2,5,7H2,1H3. The Morgan fingerprint density at radius 3 is 3.00 bits per heavy atom. The molecule has 0 spiro atoms. The summed E-state index contributed by atoms with van der Waals surface area (Å²) in [5, 5.41) is 0.0301. The summed E-state index contributed by atoms with van der Waals surface area (Å²) in [7, 11) is -3.58. The number of aromatic nitrogens is 2. The fraction of sp³-hybridized carbons (Fsp3) is 0.364. The van der Waals surface area contributed by atoms with Crippen LogP contribution in [0.4, 0.5) is 0 Å². The number of rotatable bonds is 6. The molecule has 1 N–H and O–H groups in total. The highest BCUT2D eigenvalue weighted by Gasteiger charge is 2.17. The zero-order chi connectivity index (χ0) is 13.0. The van der Waals surface area contributed by atoms with Crippen molar-refractivity contribution in [2.75, 3.05) is 0 Å². The van der Waals surface area contributed by atoms with E-state index in [-0.39, 0.29) is 11.6 Å². The van der Waals surface area contributed by atoms with Gasteiger partial charge in [0.25, 0.3) is 10.0 Å². The molecule has 0 aliphatic rings. The van der Waals surface area contributed by atoms with Gasteiger partial charge in [-0.05, 0) is 18.6 Å². The van der Waals surface area contributed by atoms with Crippen LogP contribution < -0.4 is 4.72 Å². The summed E-state index contributed by atoms with van der Waals surface area (Å²) >= 11 is 0. The summed E-state index contributed by atoms with van der Waals surface area (Å²) in [5.74, 6) is 0.562. The number of furan rings is 1. The number of nitrogens with zero attached hydrogens (tertiary/aromatic N) is 2. The van der Waals surface area contributed by atoms with Gasteiger partial charge in [0.1, 0.15) is 5.76 Å². The maximum atomic E-state index is 11.9. The predicted molar refractivity (Wildman–Crippen MR) is 65.3 cm³/mol. The molecule has 0 amide bonds. The molecule has 0 unspecified atom stereocenters. The van der Waals surface area contributed by atoms with Crippen molar-refractivity contribution in [2.24, 2.45) is 0 Å². The Morgan fingerprint density at radius 2 is 2.33 bits per heavy atom. The van der Waals surface area contributed by atoms with Crippen molar-refractivity contribution in [1.82, 2.24) is 14.3 Å². The van der Waals surface area contributed by atoms with Gasteiger partial charge in [0.2, 0.25) is 0 Å². The first-order valence-corrected chi connectivity index (χ1v) is 7.14. The zero-order valence-electron chi connectivity index (χ0n) is 10.0. The average molecular weight is 269 g/mol. The molecule has 2 rings (SSSR count). The van der Waals surface area contributed by atoms with Crippen LogP contribution in [0.25, 0.3) is 0 Å². The maximum absolute atomic E-state index is 11.9. The van der Waals surface area contributed by atoms with E-state index in [9.17, 15) is 8.42 Å². The van der Waals surface area contributed by atoms with Crippen molar-refractivity contribution in [3.8, 4) is 0 Å². The van der Waals surface area contributed by atoms with Crippen molar-refractivity contribution in [1.29, 1.82) is 0 Å². The first-order valence-electron chi connectivity index (χ1n) is 5.65. The molecule has 0 fully saturated rings. The largest absolute Gasteiger partial charge is 0.468 e. The third-order valence-electron chi connectivity index (χ3n) is 2.38. The van der Waals surface area contributed by atoms with E-state index in [0.29, 0.717) is 5.76 Å². The lowest BCUT2D eigenvalue weighted by Crippen LogP contribution is -2.23. The van der Waals surface area contributed by atoms with Crippen LogP contribution in [0.15, 0.2) is 40.4 Å². The molecule has 2 aromatic heterocycles. The minimum absolute atomic E-state index is 0.0301. The molecule has 0 aliphatic carbocycles. The Hall–Kier alpha value is -1.60. The number of nitrogens with one attached hydrogen (secondary N) is 1. The zero-order valence-corrected chi connectivity index (χ0v) is 10.9. The van der Waals surface area contributed by atoms with Gasteiger partial charge in [0.05, 0.1) is 19.1 Å². The third-order valence-corrected chi connectivity index (χ3v) is 3.67. The maximum Gasteiger partial charge on any atom is 0.259 e. The van der Waals surface area contributed by atoms with Crippen LogP contribution in [-0.2, 0) is 23.1 Å². The minimum Gasteiger partial charge on any atom is -0.468 e. The number of hydrogen-bond acceptors (Lipinski definition) is 4. The van der Waals surface area contributed by atoms with Gasteiger partial charge in [-0.25, -0.2) is 18.1 Å². The van der Waals surface area contributed by atoms with Gasteiger partial charge >= 0.3 is 0 Å². The Morgan fingerprint density at radius 1 is 1.50 bits per heavy atom. The van der Waals surface area contributed by atoms with Gasteiger partial charge in [-0.1, -0.05) is 6.92 Å². The highest BCUT2D eigenvalue weighted by molar-refractivity contribution is 7.89. The molecule has 0 aliphatic heterocycles. The molecule has 7 heteroatoms. The molecule has 2 aromatic rings. The Kier molecular flexibility index (Phi) is 3.83. The highest BCUT2D eigenvalue weighted by atomic mass is 32.2. The highest BCUT2D eigenvalue weighted by Crippen LogP contribution is 2.07. The number of imidazole rings is 1. The fourth-order valence-corrected chi connectivity index (χ4v) is 2.45. The topological polar surface area (TPSA) is 77.1 Å². The lowest BCUT2D eigenvalue weighted by atomic mass is 10.5. The van der Waals surface area contributed by atoms with E-state index in [1.54, 1.807) is 16.7 Å². The van der Waals surface area contributed by atoms with Gasteiger partial charge in [-0.15, -0.1) is 0 Å². The summed E-state index contributed by atoms with van der Waals surface area (Å²) < 4.78 is 33.1. The van der Waals surface area contributed by atoms with Crippen molar-refractivity contribution in [2.45, 2.75) is 31.5 Å². The number of sulfonamides is 1. The fourth-order valence-electron chi connectivity index (χ4n) is 1.51. The van der Waals surface area contributed by atoms with Crippen LogP contribution in [-0.4, -0.2) is 18.0 Å². The van der Waals surface area contributed by atoms with Crippen LogP contribution in [0.2, 0.25) is 0 Å². The van der Waals surface area contributed by atoms with Crippen LogP contribution >= 0.6 is 0 Å². The Balaban J connectivity index is 2.05. The molecule has 0 atom stereocenters. The molecule has 18 heavy (non-hydrogen) atoms. The minimum atomic E-state index is -3.58. The predicted octanol–water partition coefficient (Wildman–Crippen LogP) is 1.36. The van der Waals surface area contributed by atoms with E-state index in [1.807, 2.05) is 6.92 Å². The molecule has 0 radical (unpaired) electrons. The van der Waals surface area contributed by atoms with Crippen molar-refractivity contribution < 1.29 is 12.8 Å². The second kappa shape index (κ2) is 5.36. The van der Waals surface area contributed by atoms with Crippen LogP contribution in [0.1, 0.15) is 19.1 Å². The molecule has 6 nitrogen and oxygen atoms in total. The first-order chi connectivity index (χ1) is 8.62. The quantitative estimate of drug-likeness (QED) is 0.859. The Labute approximate surface area is 106 Å². The molecular formula is C11H15N3O3S. The monoisotopic (exact) mass is 269 g/mol. The molecule has 98 valence electrons.